The summed E-state index contributed by atoms with van der Waals surface area (Å²) in [6.07, 6.45) is 3.68. The van der Waals surface area contributed by atoms with Gasteiger partial charge in [-0.15, -0.1) is 0 Å². The molecule has 1 radical (unpaired) electrons. The second-order valence-electron chi connectivity index (χ2n) is 4.34. The molecule has 0 amide bonds. The summed E-state index contributed by atoms with van der Waals surface area (Å²) in [5, 5.41) is 0.875. The number of pyridine rings is 1. The SMILES string of the molecule is COc1ccc(-c2c[nH]c(SCc3[c]cccn3)n2)cc1. The molecule has 2 aromatic heterocycles. The van der Waals surface area contributed by atoms with Gasteiger partial charge in [-0.2, -0.15) is 0 Å². The molecule has 0 fully saturated rings. The molecule has 0 saturated carbocycles. The zero-order chi connectivity index (χ0) is 14.5. The lowest BCUT2D eigenvalue weighted by atomic mass is 10.2. The molecule has 0 atom stereocenters. The Morgan fingerprint density at radius 3 is 2.86 bits per heavy atom. The molecule has 3 aromatic rings. The number of rotatable bonds is 5. The molecule has 21 heavy (non-hydrogen) atoms. The van der Waals surface area contributed by atoms with E-state index in [-0.39, 0.29) is 0 Å². The average Bonchev–Trinajstić information content (AvgIpc) is 3.03. The van der Waals surface area contributed by atoms with Crippen LogP contribution in [0.4, 0.5) is 0 Å². The van der Waals surface area contributed by atoms with Crippen molar-refractivity contribution >= 4 is 11.8 Å². The van der Waals surface area contributed by atoms with Gasteiger partial charge >= 0.3 is 0 Å². The maximum absolute atomic E-state index is 5.16. The molecule has 0 unspecified atom stereocenters. The van der Waals surface area contributed by atoms with E-state index in [9.17, 15) is 0 Å². The highest BCUT2D eigenvalue weighted by atomic mass is 32.2. The van der Waals surface area contributed by atoms with E-state index in [2.05, 4.69) is 21.0 Å². The predicted molar refractivity (Wildman–Crippen MR) is 83.2 cm³/mol. The topological polar surface area (TPSA) is 50.8 Å². The highest BCUT2D eigenvalue weighted by Crippen LogP contribution is 2.24. The van der Waals surface area contributed by atoms with Gasteiger partial charge in [-0.1, -0.05) is 17.8 Å². The molecule has 0 spiro atoms. The fourth-order valence-corrected chi connectivity index (χ4v) is 2.60. The molecular weight excluding hydrogens is 282 g/mol. The number of nitrogens with zero attached hydrogens (tertiary/aromatic N) is 2. The fraction of sp³-hybridized carbons (Fsp3) is 0.125. The Hall–Kier alpha value is -2.27. The molecular formula is C16H14N3OS. The Labute approximate surface area is 127 Å². The highest BCUT2D eigenvalue weighted by molar-refractivity contribution is 7.98. The minimum atomic E-state index is 0.746. The summed E-state index contributed by atoms with van der Waals surface area (Å²) >= 11 is 1.61. The van der Waals surface area contributed by atoms with Crippen molar-refractivity contribution in [2.75, 3.05) is 7.11 Å². The smallest absolute Gasteiger partial charge is 0.166 e. The van der Waals surface area contributed by atoms with Gasteiger partial charge in [-0.3, -0.25) is 4.98 Å². The van der Waals surface area contributed by atoms with Gasteiger partial charge in [0.05, 0.1) is 18.5 Å². The van der Waals surface area contributed by atoms with Crippen molar-refractivity contribution in [3.8, 4) is 17.0 Å². The van der Waals surface area contributed by atoms with Crippen molar-refractivity contribution in [3.05, 3.63) is 60.6 Å². The third kappa shape index (κ3) is 3.44. The monoisotopic (exact) mass is 296 g/mol. The summed E-state index contributed by atoms with van der Waals surface area (Å²) in [5.41, 5.74) is 2.90. The van der Waals surface area contributed by atoms with Crippen LogP contribution in [-0.2, 0) is 5.75 Å². The number of benzene rings is 1. The van der Waals surface area contributed by atoms with E-state index in [4.69, 9.17) is 4.74 Å². The molecule has 4 nitrogen and oxygen atoms in total. The molecule has 0 aliphatic heterocycles. The molecule has 1 aromatic carbocycles. The van der Waals surface area contributed by atoms with Gasteiger partial charge in [0.15, 0.2) is 5.16 Å². The van der Waals surface area contributed by atoms with Gasteiger partial charge in [-0.05, 0) is 30.3 Å². The Morgan fingerprint density at radius 2 is 2.14 bits per heavy atom. The molecule has 105 valence electrons. The van der Waals surface area contributed by atoms with E-state index in [0.717, 1.165) is 33.6 Å². The first kappa shape index (κ1) is 13.7. The van der Waals surface area contributed by atoms with Crippen molar-refractivity contribution in [1.82, 2.24) is 15.0 Å². The average molecular weight is 296 g/mol. The zero-order valence-corrected chi connectivity index (χ0v) is 12.4. The summed E-state index contributed by atoms with van der Waals surface area (Å²) < 4.78 is 5.16. The third-order valence-corrected chi connectivity index (χ3v) is 3.85. The van der Waals surface area contributed by atoms with Crippen LogP contribution in [0.5, 0.6) is 5.75 Å². The lowest BCUT2D eigenvalue weighted by Gasteiger charge is -2.00. The number of H-pyrrole nitrogens is 1. The maximum Gasteiger partial charge on any atom is 0.166 e. The second-order valence-corrected chi connectivity index (χ2v) is 5.30. The number of aromatic amines is 1. The molecule has 2 heterocycles. The summed E-state index contributed by atoms with van der Waals surface area (Å²) in [5.74, 6) is 1.59. The quantitative estimate of drug-likeness (QED) is 0.731. The van der Waals surface area contributed by atoms with Crippen molar-refractivity contribution in [2.24, 2.45) is 0 Å². The van der Waals surface area contributed by atoms with E-state index >= 15 is 0 Å². The zero-order valence-electron chi connectivity index (χ0n) is 11.5. The second kappa shape index (κ2) is 6.45. The van der Waals surface area contributed by atoms with Crippen LogP contribution in [0.15, 0.2) is 53.9 Å². The van der Waals surface area contributed by atoms with E-state index in [1.165, 1.54) is 0 Å². The van der Waals surface area contributed by atoms with Crippen molar-refractivity contribution < 1.29 is 4.74 Å². The first-order chi connectivity index (χ1) is 10.3. The van der Waals surface area contributed by atoms with E-state index < -0.39 is 0 Å². The molecule has 3 rings (SSSR count). The largest absolute Gasteiger partial charge is 0.497 e. The molecule has 5 heteroatoms. The van der Waals surface area contributed by atoms with Crippen LogP contribution in [-0.4, -0.2) is 22.1 Å². The minimum absolute atomic E-state index is 0.746. The fourth-order valence-electron chi connectivity index (χ4n) is 1.86. The van der Waals surface area contributed by atoms with Crippen LogP contribution in [0.25, 0.3) is 11.3 Å². The Balaban J connectivity index is 1.68. The van der Waals surface area contributed by atoms with Crippen LogP contribution >= 0.6 is 11.8 Å². The van der Waals surface area contributed by atoms with Crippen LogP contribution in [0.3, 0.4) is 0 Å². The first-order valence-electron chi connectivity index (χ1n) is 6.49. The first-order valence-corrected chi connectivity index (χ1v) is 7.48. The predicted octanol–water partition coefficient (Wildman–Crippen LogP) is 3.57. The summed E-state index contributed by atoms with van der Waals surface area (Å²) in [4.78, 5) is 12.0. The highest BCUT2D eigenvalue weighted by Gasteiger charge is 2.05. The molecule has 0 aliphatic carbocycles. The number of methoxy groups -OCH3 is 1. The number of aromatic nitrogens is 3. The molecule has 1 N–H and O–H groups in total. The number of hydrogen-bond acceptors (Lipinski definition) is 4. The Morgan fingerprint density at radius 1 is 1.29 bits per heavy atom. The van der Waals surface area contributed by atoms with Gasteiger partial charge in [-0.25, -0.2) is 4.98 Å². The van der Waals surface area contributed by atoms with Crippen molar-refractivity contribution in [1.29, 1.82) is 0 Å². The lowest BCUT2D eigenvalue weighted by Crippen LogP contribution is -1.86. The van der Waals surface area contributed by atoms with Crippen molar-refractivity contribution in [2.45, 2.75) is 10.9 Å². The molecule has 0 bridgehead atoms. The van der Waals surface area contributed by atoms with E-state index in [0.29, 0.717) is 0 Å². The number of nitrogens with one attached hydrogen (secondary N) is 1. The van der Waals surface area contributed by atoms with Crippen LogP contribution < -0.4 is 4.74 Å². The number of ether oxygens (including phenoxy) is 1. The van der Waals surface area contributed by atoms with Crippen LogP contribution in [0.2, 0.25) is 0 Å². The third-order valence-electron chi connectivity index (χ3n) is 2.95. The Kier molecular flexibility index (Phi) is 4.21. The van der Waals surface area contributed by atoms with Gasteiger partial charge in [0.25, 0.3) is 0 Å². The van der Waals surface area contributed by atoms with Gasteiger partial charge in [0.1, 0.15) is 5.75 Å². The summed E-state index contributed by atoms with van der Waals surface area (Å²) in [7, 11) is 1.66. The van der Waals surface area contributed by atoms with Gasteiger partial charge in [0.2, 0.25) is 0 Å². The summed E-state index contributed by atoms with van der Waals surface area (Å²) in [6, 6.07) is 14.7. The minimum Gasteiger partial charge on any atom is -0.497 e. The maximum atomic E-state index is 5.16. The normalized spacial score (nSPS) is 10.5. The van der Waals surface area contributed by atoms with Gasteiger partial charge in [0, 0.05) is 29.8 Å². The van der Waals surface area contributed by atoms with Crippen LogP contribution in [0, 0.1) is 6.07 Å². The number of hydrogen-bond donors (Lipinski definition) is 1. The standard InChI is InChI=1S/C16H14N3OS/c1-20-14-7-5-12(6-8-14)15-10-18-16(19-15)21-11-13-4-2-3-9-17-13/h2-3,5-10H,11H2,1H3,(H,18,19). The number of thioether (sulfide) groups is 1. The van der Waals surface area contributed by atoms with E-state index in [1.807, 2.05) is 42.6 Å². The van der Waals surface area contributed by atoms with Crippen LogP contribution in [0.1, 0.15) is 5.69 Å². The lowest BCUT2D eigenvalue weighted by molar-refractivity contribution is 0.415. The summed E-state index contributed by atoms with van der Waals surface area (Å²) in [6.45, 7) is 0. The van der Waals surface area contributed by atoms with Gasteiger partial charge < -0.3 is 9.72 Å². The molecule has 0 saturated heterocycles. The number of imidazole rings is 1. The molecule has 0 aliphatic rings. The Bertz CT molecular complexity index is 695. The van der Waals surface area contributed by atoms with E-state index in [1.54, 1.807) is 25.1 Å². The van der Waals surface area contributed by atoms with Crippen molar-refractivity contribution in [3.63, 3.8) is 0 Å².